The molecule has 0 atom stereocenters. The Morgan fingerprint density at radius 3 is 2.32 bits per heavy atom. The molecule has 0 saturated carbocycles. The molecule has 1 rings (SSSR count). The number of esters is 1. The fraction of sp³-hybridized carbons (Fsp3) is 0.588. The normalized spacial score (nSPS) is 12.0. The number of rotatable bonds is 6. The van der Waals surface area contributed by atoms with E-state index in [0.29, 0.717) is 23.7 Å². The predicted octanol–water partition coefficient (Wildman–Crippen LogP) is 4.78. The summed E-state index contributed by atoms with van der Waals surface area (Å²) in [6.45, 7) is 12.8. The lowest BCUT2D eigenvalue weighted by molar-refractivity contribution is -0.134. The van der Waals surface area contributed by atoms with Gasteiger partial charge in [-0.3, -0.25) is 4.79 Å². The molecule has 0 radical (unpaired) electrons. The maximum Gasteiger partial charge on any atom is 0.311 e. The molecule has 0 aromatic heterocycles. The zero-order chi connectivity index (χ0) is 17.0. The van der Waals surface area contributed by atoms with E-state index in [1.54, 1.807) is 25.3 Å². The second kappa shape index (κ2) is 7.18. The van der Waals surface area contributed by atoms with Crippen molar-refractivity contribution in [2.75, 3.05) is 7.11 Å². The standard InChI is InChI=1S/C17H28O4Si/c1-8-9-16(18)20-13-10-11-14(19-5)15(12-13)21-22(6,7)17(2,3)4/h10-12H,8-9H2,1-7H3. The van der Waals surface area contributed by atoms with Gasteiger partial charge in [0.1, 0.15) is 11.5 Å². The summed E-state index contributed by atoms with van der Waals surface area (Å²) in [4.78, 5) is 11.6. The molecule has 0 aliphatic rings. The van der Waals surface area contributed by atoms with E-state index >= 15 is 0 Å². The van der Waals surface area contributed by atoms with Gasteiger partial charge in [-0.15, -0.1) is 0 Å². The molecule has 0 saturated heterocycles. The van der Waals surface area contributed by atoms with Crippen molar-refractivity contribution in [3.63, 3.8) is 0 Å². The second-order valence-electron chi connectivity index (χ2n) is 6.90. The summed E-state index contributed by atoms with van der Waals surface area (Å²) >= 11 is 0. The average Bonchev–Trinajstić information content (AvgIpc) is 2.37. The Morgan fingerprint density at radius 2 is 1.82 bits per heavy atom. The van der Waals surface area contributed by atoms with Crippen LogP contribution in [0.15, 0.2) is 18.2 Å². The van der Waals surface area contributed by atoms with Crippen LogP contribution in [0.1, 0.15) is 40.5 Å². The van der Waals surface area contributed by atoms with Crippen molar-refractivity contribution in [2.24, 2.45) is 0 Å². The molecule has 5 heteroatoms. The molecule has 0 aliphatic carbocycles. The van der Waals surface area contributed by atoms with Crippen LogP contribution in [-0.2, 0) is 4.79 Å². The van der Waals surface area contributed by atoms with Gasteiger partial charge in [0.25, 0.3) is 8.32 Å². The van der Waals surface area contributed by atoms with Gasteiger partial charge in [0.2, 0.25) is 0 Å². The van der Waals surface area contributed by atoms with Gasteiger partial charge >= 0.3 is 5.97 Å². The number of carbonyl (C=O) groups is 1. The Morgan fingerprint density at radius 1 is 1.18 bits per heavy atom. The van der Waals surface area contributed by atoms with Crippen LogP contribution in [0.4, 0.5) is 0 Å². The molecule has 0 fully saturated rings. The van der Waals surface area contributed by atoms with E-state index in [4.69, 9.17) is 13.9 Å². The van der Waals surface area contributed by atoms with Gasteiger partial charge in [-0.05, 0) is 36.7 Å². The molecule has 4 nitrogen and oxygen atoms in total. The van der Waals surface area contributed by atoms with E-state index in [2.05, 4.69) is 33.9 Å². The van der Waals surface area contributed by atoms with Crippen molar-refractivity contribution >= 4 is 14.3 Å². The maximum atomic E-state index is 11.6. The monoisotopic (exact) mass is 324 g/mol. The van der Waals surface area contributed by atoms with E-state index in [0.717, 1.165) is 6.42 Å². The number of methoxy groups -OCH3 is 1. The molecule has 124 valence electrons. The van der Waals surface area contributed by atoms with Gasteiger partial charge in [-0.25, -0.2) is 0 Å². The summed E-state index contributed by atoms with van der Waals surface area (Å²) in [5, 5.41) is 0.0763. The Kier molecular flexibility index (Phi) is 6.05. The summed E-state index contributed by atoms with van der Waals surface area (Å²) in [5.74, 6) is 1.55. The molecule has 1 aromatic rings. The third kappa shape index (κ3) is 4.76. The summed E-state index contributed by atoms with van der Waals surface area (Å²) < 4.78 is 17.0. The molecule has 22 heavy (non-hydrogen) atoms. The molecule has 0 spiro atoms. The van der Waals surface area contributed by atoms with Crippen molar-refractivity contribution in [1.82, 2.24) is 0 Å². The first-order valence-corrected chi connectivity index (χ1v) is 10.6. The Balaban J connectivity index is 3.04. The summed E-state index contributed by atoms with van der Waals surface area (Å²) in [5.41, 5.74) is 0. The molecular formula is C17H28O4Si. The van der Waals surface area contributed by atoms with Crippen molar-refractivity contribution < 1.29 is 18.7 Å². The van der Waals surface area contributed by atoms with E-state index in [-0.39, 0.29) is 11.0 Å². The van der Waals surface area contributed by atoms with Gasteiger partial charge in [-0.1, -0.05) is 27.7 Å². The van der Waals surface area contributed by atoms with E-state index in [1.807, 2.05) is 6.92 Å². The molecular weight excluding hydrogens is 296 g/mol. The zero-order valence-corrected chi connectivity index (χ0v) is 15.8. The lowest BCUT2D eigenvalue weighted by Gasteiger charge is -2.36. The van der Waals surface area contributed by atoms with Crippen LogP contribution in [0.3, 0.4) is 0 Å². The molecule has 0 unspecified atom stereocenters. The Labute approximate surface area is 134 Å². The molecule has 0 N–H and O–H groups in total. The fourth-order valence-corrected chi connectivity index (χ4v) is 2.63. The van der Waals surface area contributed by atoms with E-state index in [1.165, 1.54) is 0 Å². The van der Waals surface area contributed by atoms with Gasteiger partial charge < -0.3 is 13.9 Å². The highest BCUT2D eigenvalue weighted by Crippen LogP contribution is 2.41. The highest BCUT2D eigenvalue weighted by Gasteiger charge is 2.39. The minimum absolute atomic E-state index is 0.0763. The predicted molar refractivity (Wildman–Crippen MR) is 91.4 cm³/mol. The molecule has 0 aliphatic heterocycles. The lowest BCUT2D eigenvalue weighted by Crippen LogP contribution is -2.43. The SMILES string of the molecule is CCCC(=O)Oc1ccc(OC)c(O[Si](C)(C)C(C)(C)C)c1. The van der Waals surface area contributed by atoms with Crippen LogP contribution in [0.25, 0.3) is 0 Å². The van der Waals surface area contributed by atoms with Crippen LogP contribution < -0.4 is 13.9 Å². The van der Waals surface area contributed by atoms with Crippen molar-refractivity contribution in [1.29, 1.82) is 0 Å². The molecule has 0 amide bonds. The molecule has 0 bridgehead atoms. The van der Waals surface area contributed by atoms with Crippen LogP contribution in [0.5, 0.6) is 17.2 Å². The highest BCUT2D eigenvalue weighted by atomic mass is 28.4. The Bertz CT molecular complexity index is 518. The topological polar surface area (TPSA) is 44.8 Å². The number of carbonyl (C=O) groups excluding carboxylic acids is 1. The minimum atomic E-state index is -1.99. The van der Waals surface area contributed by atoms with Gasteiger partial charge in [0.05, 0.1) is 7.11 Å². The molecule has 1 aromatic carbocycles. The summed E-state index contributed by atoms with van der Waals surface area (Å²) in [7, 11) is -0.384. The Hall–Kier alpha value is -1.49. The smallest absolute Gasteiger partial charge is 0.311 e. The highest BCUT2D eigenvalue weighted by molar-refractivity contribution is 6.74. The van der Waals surface area contributed by atoms with E-state index in [9.17, 15) is 4.79 Å². The quantitative estimate of drug-likeness (QED) is 0.429. The first kappa shape index (κ1) is 18.6. The lowest BCUT2D eigenvalue weighted by atomic mass is 10.2. The summed E-state index contributed by atoms with van der Waals surface area (Å²) in [6.07, 6.45) is 1.17. The fourth-order valence-electron chi connectivity index (χ4n) is 1.61. The number of benzene rings is 1. The van der Waals surface area contributed by atoms with Crippen molar-refractivity contribution in [3.05, 3.63) is 18.2 Å². The van der Waals surface area contributed by atoms with Gasteiger partial charge in [0, 0.05) is 12.5 Å². The van der Waals surface area contributed by atoms with Gasteiger partial charge in [-0.2, -0.15) is 0 Å². The minimum Gasteiger partial charge on any atom is -0.541 e. The average molecular weight is 324 g/mol. The van der Waals surface area contributed by atoms with Crippen LogP contribution >= 0.6 is 0 Å². The van der Waals surface area contributed by atoms with Crippen molar-refractivity contribution in [3.8, 4) is 17.2 Å². The zero-order valence-electron chi connectivity index (χ0n) is 14.8. The van der Waals surface area contributed by atoms with Crippen molar-refractivity contribution in [2.45, 2.75) is 58.7 Å². The van der Waals surface area contributed by atoms with E-state index < -0.39 is 8.32 Å². The van der Waals surface area contributed by atoms with Crippen LogP contribution in [0, 0.1) is 0 Å². The third-order valence-electron chi connectivity index (χ3n) is 3.99. The first-order chi connectivity index (χ1) is 10.1. The molecule has 0 heterocycles. The van der Waals surface area contributed by atoms with Crippen LogP contribution in [0.2, 0.25) is 18.1 Å². The number of hydrogen-bond donors (Lipinski definition) is 0. The number of ether oxygens (including phenoxy) is 2. The van der Waals surface area contributed by atoms with Crippen LogP contribution in [-0.4, -0.2) is 21.4 Å². The largest absolute Gasteiger partial charge is 0.541 e. The maximum absolute atomic E-state index is 11.6. The third-order valence-corrected chi connectivity index (χ3v) is 8.33. The summed E-state index contributed by atoms with van der Waals surface area (Å²) in [6, 6.07) is 5.24. The number of hydrogen-bond acceptors (Lipinski definition) is 4. The van der Waals surface area contributed by atoms with Gasteiger partial charge in [0.15, 0.2) is 5.75 Å². The second-order valence-corrected chi connectivity index (χ2v) is 11.6. The first-order valence-electron chi connectivity index (χ1n) is 7.68.